The molecule has 4 rings (SSSR count). The Morgan fingerprint density at radius 1 is 1.17 bits per heavy atom. The van der Waals surface area contributed by atoms with Crippen molar-refractivity contribution in [1.82, 2.24) is 9.88 Å². The summed E-state index contributed by atoms with van der Waals surface area (Å²) in [6.07, 6.45) is 2.95. The molecule has 2 amide bonds. The molecule has 0 aliphatic carbocycles. The molecule has 0 radical (unpaired) electrons. The largest absolute Gasteiger partial charge is 0.465 e. The van der Waals surface area contributed by atoms with Crippen LogP contribution in [0.4, 0.5) is 14.6 Å². The van der Waals surface area contributed by atoms with E-state index in [-0.39, 0.29) is 36.2 Å². The molecule has 0 saturated carbocycles. The number of nitrogens with one attached hydrogen (secondary N) is 1. The van der Waals surface area contributed by atoms with Crippen molar-refractivity contribution in [3.05, 3.63) is 75.0 Å². The Labute approximate surface area is 218 Å². The maximum absolute atomic E-state index is 13.5. The third-order valence-corrected chi connectivity index (χ3v) is 7.29. The number of methoxy groups -OCH3 is 1. The Balaban J connectivity index is 1.36. The van der Waals surface area contributed by atoms with E-state index >= 15 is 0 Å². The minimum atomic E-state index is -0.931. The number of nitrogens with zero attached hydrogens (tertiary/aromatic N) is 2. The Morgan fingerprint density at radius 2 is 1.97 bits per heavy atom. The summed E-state index contributed by atoms with van der Waals surface area (Å²) < 4.78 is 31.7. The highest BCUT2D eigenvalue weighted by Crippen LogP contribution is 2.35. The molecular weight excluding hydrogens is 528 g/mol. The van der Waals surface area contributed by atoms with Gasteiger partial charge in [-0.2, -0.15) is 0 Å². The van der Waals surface area contributed by atoms with E-state index in [4.69, 9.17) is 12.2 Å². The first kappa shape index (κ1) is 25.6. The van der Waals surface area contributed by atoms with E-state index in [1.165, 1.54) is 47.7 Å². The lowest BCUT2D eigenvalue weighted by atomic mass is 10.1. The van der Waals surface area contributed by atoms with Gasteiger partial charge < -0.3 is 10.1 Å². The van der Waals surface area contributed by atoms with Gasteiger partial charge >= 0.3 is 5.97 Å². The predicted molar refractivity (Wildman–Crippen MR) is 138 cm³/mol. The summed E-state index contributed by atoms with van der Waals surface area (Å²) in [5.41, 5.74) is 1.48. The summed E-state index contributed by atoms with van der Waals surface area (Å²) in [7, 11) is 1.26. The van der Waals surface area contributed by atoms with Gasteiger partial charge in [0.05, 0.1) is 17.6 Å². The van der Waals surface area contributed by atoms with E-state index in [2.05, 4.69) is 15.0 Å². The number of anilines is 1. The first-order valence-electron chi connectivity index (χ1n) is 10.4. The van der Waals surface area contributed by atoms with Crippen molar-refractivity contribution in [3.8, 4) is 11.1 Å². The van der Waals surface area contributed by atoms with Gasteiger partial charge in [-0.1, -0.05) is 30.0 Å². The van der Waals surface area contributed by atoms with Crippen LogP contribution in [0.15, 0.2) is 52.9 Å². The Bertz CT molecular complexity index is 1390. The number of amides is 2. The fourth-order valence-electron chi connectivity index (χ4n) is 3.20. The minimum absolute atomic E-state index is 0.0145. The lowest BCUT2D eigenvalue weighted by Crippen LogP contribution is -2.31. The molecular formula is C24H17F2N3O4S3. The van der Waals surface area contributed by atoms with Gasteiger partial charge in [0.25, 0.3) is 5.91 Å². The fraction of sp³-hybridized carbons (Fsp3) is 0.125. The van der Waals surface area contributed by atoms with Crippen LogP contribution in [0.3, 0.4) is 0 Å². The first-order valence-corrected chi connectivity index (χ1v) is 12.5. The number of thiocarbonyl (C=S) groups is 1. The maximum Gasteiger partial charge on any atom is 0.339 e. The number of halogens is 2. The molecule has 12 heteroatoms. The number of thiophene rings is 1. The molecule has 1 N–H and O–H groups in total. The highest BCUT2D eigenvalue weighted by atomic mass is 32.2. The molecule has 0 spiro atoms. The topological polar surface area (TPSA) is 88.6 Å². The SMILES string of the molecule is COC(=O)c1ccc(NC(=O)CCN2C(=O)/C(=C/c3cc(-c4ccc(F)c(F)c4)cs3)SC2=S)nc1. The van der Waals surface area contributed by atoms with E-state index < -0.39 is 17.6 Å². The standard InChI is InChI=1S/C24H17F2N3O4S3/c1-33-23(32)14-3-5-20(27-11-14)28-21(30)6-7-29-22(31)19(36-24(29)34)10-16-8-15(12-35-16)13-2-4-17(25)18(26)9-13/h2-5,8-12H,6-7H2,1H3,(H,27,28,30)/b19-10-. The lowest BCUT2D eigenvalue weighted by Gasteiger charge is -2.14. The summed E-state index contributed by atoms with van der Waals surface area (Å²) in [5.74, 6) is -2.82. The molecule has 184 valence electrons. The quantitative estimate of drug-likeness (QED) is 0.251. The first-order chi connectivity index (χ1) is 17.2. The van der Waals surface area contributed by atoms with Gasteiger partial charge in [-0.15, -0.1) is 11.3 Å². The number of pyridine rings is 1. The smallest absolute Gasteiger partial charge is 0.339 e. The molecule has 3 aromatic rings. The summed E-state index contributed by atoms with van der Waals surface area (Å²) in [4.78, 5) is 43.1. The molecule has 1 aliphatic rings. The van der Waals surface area contributed by atoms with Crippen LogP contribution in [-0.2, 0) is 14.3 Å². The average molecular weight is 546 g/mol. The van der Waals surface area contributed by atoms with Crippen molar-refractivity contribution in [2.24, 2.45) is 0 Å². The van der Waals surface area contributed by atoms with E-state index in [9.17, 15) is 23.2 Å². The molecule has 0 atom stereocenters. The molecule has 1 aliphatic heterocycles. The molecule has 0 bridgehead atoms. The summed E-state index contributed by atoms with van der Waals surface area (Å²) in [5, 5.41) is 4.39. The summed E-state index contributed by atoms with van der Waals surface area (Å²) >= 11 is 7.79. The number of aromatic nitrogens is 1. The van der Waals surface area contributed by atoms with Gasteiger partial charge in [0.15, 0.2) is 11.6 Å². The number of ether oxygens (including phenoxy) is 1. The second-order valence-electron chi connectivity index (χ2n) is 7.42. The molecule has 3 heterocycles. The fourth-order valence-corrected chi connectivity index (χ4v) is 5.42. The molecule has 1 saturated heterocycles. The van der Waals surface area contributed by atoms with Crippen LogP contribution < -0.4 is 5.32 Å². The third-order valence-electron chi connectivity index (χ3n) is 5.03. The van der Waals surface area contributed by atoms with Crippen LogP contribution in [0.5, 0.6) is 0 Å². The van der Waals surface area contributed by atoms with Crippen LogP contribution in [0.1, 0.15) is 21.7 Å². The zero-order valence-electron chi connectivity index (χ0n) is 18.6. The van der Waals surface area contributed by atoms with Crippen molar-refractivity contribution < 1.29 is 27.9 Å². The third kappa shape index (κ3) is 5.83. The number of hydrogen-bond acceptors (Lipinski definition) is 8. The monoisotopic (exact) mass is 545 g/mol. The van der Waals surface area contributed by atoms with E-state index in [0.29, 0.717) is 20.4 Å². The second-order valence-corrected chi connectivity index (χ2v) is 10.0. The number of rotatable bonds is 7. The zero-order valence-corrected chi connectivity index (χ0v) is 21.1. The molecule has 2 aromatic heterocycles. The van der Waals surface area contributed by atoms with Gasteiger partial charge in [-0.3, -0.25) is 14.5 Å². The molecule has 7 nitrogen and oxygen atoms in total. The highest BCUT2D eigenvalue weighted by Gasteiger charge is 2.32. The van der Waals surface area contributed by atoms with Crippen molar-refractivity contribution in [2.45, 2.75) is 6.42 Å². The van der Waals surface area contributed by atoms with E-state index in [0.717, 1.165) is 28.8 Å². The summed E-state index contributed by atoms with van der Waals surface area (Å²) in [6.45, 7) is 0.0820. The number of carbonyl (C=O) groups excluding carboxylic acids is 3. The number of benzene rings is 1. The van der Waals surface area contributed by atoms with Gasteiger partial charge in [0, 0.05) is 24.0 Å². The molecule has 1 fully saturated rings. The van der Waals surface area contributed by atoms with E-state index in [1.54, 1.807) is 17.5 Å². The number of hydrogen-bond donors (Lipinski definition) is 1. The maximum atomic E-state index is 13.5. The van der Waals surface area contributed by atoms with Gasteiger partial charge in [0.2, 0.25) is 5.91 Å². The van der Waals surface area contributed by atoms with Crippen molar-refractivity contribution in [3.63, 3.8) is 0 Å². The van der Waals surface area contributed by atoms with Gasteiger partial charge in [0.1, 0.15) is 10.1 Å². The zero-order chi connectivity index (χ0) is 25.8. The van der Waals surface area contributed by atoms with Crippen LogP contribution in [0, 0.1) is 11.6 Å². The average Bonchev–Trinajstić information content (AvgIpc) is 3.43. The van der Waals surface area contributed by atoms with Crippen LogP contribution in [-0.4, -0.2) is 45.6 Å². The summed E-state index contributed by atoms with van der Waals surface area (Å²) in [6, 6.07) is 8.39. The highest BCUT2D eigenvalue weighted by molar-refractivity contribution is 8.26. The lowest BCUT2D eigenvalue weighted by molar-refractivity contribution is -0.122. The number of carbonyl (C=O) groups is 3. The molecule has 36 heavy (non-hydrogen) atoms. The van der Waals surface area contributed by atoms with Gasteiger partial charge in [-0.05, 0) is 52.9 Å². The Hall–Kier alpha value is -3.48. The van der Waals surface area contributed by atoms with Crippen LogP contribution in [0.2, 0.25) is 0 Å². The van der Waals surface area contributed by atoms with Crippen LogP contribution >= 0.6 is 35.3 Å². The number of thioether (sulfide) groups is 1. The van der Waals surface area contributed by atoms with Crippen molar-refractivity contribution in [1.29, 1.82) is 0 Å². The van der Waals surface area contributed by atoms with Gasteiger partial charge in [-0.25, -0.2) is 18.6 Å². The normalized spacial score (nSPS) is 14.4. The Morgan fingerprint density at radius 3 is 2.67 bits per heavy atom. The molecule has 1 aromatic carbocycles. The minimum Gasteiger partial charge on any atom is -0.465 e. The Kier molecular flexibility index (Phi) is 7.87. The van der Waals surface area contributed by atoms with Crippen molar-refractivity contribution >= 4 is 69.3 Å². The van der Waals surface area contributed by atoms with Crippen molar-refractivity contribution in [2.75, 3.05) is 19.0 Å². The van der Waals surface area contributed by atoms with Crippen LogP contribution in [0.25, 0.3) is 17.2 Å². The predicted octanol–water partition coefficient (Wildman–Crippen LogP) is 5.10. The molecule has 0 unspecified atom stereocenters. The number of esters is 1. The van der Waals surface area contributed by atoms with E-state index in [1.807, 2.05) is 0 Å². The second kappa shape index (κ2) is 11.1.